The van der Waals surface area contributed by atoms with Crippen molar-refractivity contribution in [2.24, 2.45) is 0 Å². The number of halogens is 1. The van der Waals surface area contributed by atoms with E-state index in [2.05, 4.69) is 113 Å². The van der Waals surface area contributed by atoms with Crippen LogP contribution < -0.4 is 17.2 Å². The fraction of sp³-hybridized carbons (Fsp3) is 0.115. The van der Waals surface area contributed by atoms with Crippen molar-refractivity contribution in [2.45, 2.75) is 20.0 Å². The maximum atomic E-state index is 8.52. The van der Waals surface area contributed by atoms with E-state index in [1.165, 1.54) is 38.6 Å². The second-order valence-corrected chi connectivity index (χ2v) is 8.35. The molecule has 32 heavy (non-hydrogen) atoms. The second-order valence-electron chi connectivity index (χ2n) is 7.55. The average molecular weight is 491 g/mol. The summed E-state index contributed by atoms with van der Waals surface area (Å²) in [5.74, 6) is 0. The normalized spacial score (nSPS) is 11.0. The van der Waals surface area contributed by atoms with Crippen LogP contribution in [0.3, 0.4) is 0 Å². The number of pyridine rings is 1. The van der Waals surface area contributed by atoms with Gasteiger partial charge in [-0.3, -0.25) is 0 Å². The maximum Gasteiger partial charge on any atom is 0.216 e. The van der Waals surface area contributed by atoms with Crippen LogP contribution in [-0.4, -0.2) is 4.57 Å². The van der Waals surface area contributed by atoms with Crippen molar-refractivity contribution in [3.05, 3.63) is 114 Å². The van der Waals surface area contributed by atoms with Crippen molar-refractivity contribution in [2.75, 3.05) is 0 Å². The summed E-state index contributed by atoms with van der Waals surface area (Å²) in [5, 5.41) is 2.65. The predicted molar refractivity (Wildman–Crippen MR) is 115 cm³/mol. The van der Waals surface area contributed by atoms with Gasteiger partial charge < -0.3 is 17.2 Å². The van der Waals surface area contributed by atoms with E-state index >= 15 is 0 Å². The molecule has 5 aromatic rings. The Morgan fingerprint density at radius 2 is 1.28 bits per heavy atom. The van der Waals surface area contributed by atoms with Crippen molar-refractivity contribution in [3.8, 4) is 0 Å². The Hall–Kier alpha value is -3.03. The third-order valence-corrected chi connectivity index (χ3v) is 5.58. The predicted octanol–water partition coefficient (Wildman–Crippen LogP) is 1.92. The van der Waals surface area contributed by atoms with Crippen LogP contribution in [0.1, 0.15) is 16.8 Å². The van der Waals surface area contributed by atoms with Gasteiger partial charge in [-0.1, -0.05) is 78.9 Å². The van der Waals surface area contributed by atoms with Crippen LogP contribution in [-0.2, 0) is 13.1 Å². The molecule has 0 saturated carbocycles. The topological polar surface area (TPSA) is 78.0 Å². The molecule has 0 spiro atoms. The van der Waals surface area contributed by atoms with Gasteiger partial charge in [-0.15, -0.1) is 0 Å². The third kappa shape index (κ3) is 4.89. The third-order valence-electron chi connectivity index (χ3n) is 5.58. The van der Waals surface area contributed by atoms with Gasteiger partial charge in [0.2, 0.25) is 20.5 Å². The van der Waals surface area contributed by atoms with Gasteiger partial charge in [-0.25, -0.2) is 0 Å². The summed E-state index contributed by atoms with van der Waals surface area (Å²) in [5.41, 5.74) is 6.56. The molecule has 5 nitrogen and oxygen atoms in total. The summed E-state index contributed by atoms with van der Waals surface area (Å²) in [6.07, 6.45) is 2.23. The summed E-state index contributed by atoms with van der Waals surface area (Å²) in [6, 6.07) is 32.4. The highest BCUT2D eigenvalue weighted by molar-refractivity contribution is 6.08. The van der Waals surface area contributed by atoms with Crippen molar-refractivity contribution in [3.63, 3.8) is 0 Å². The lowest BCUT2D eigenvalue weighted by molar-refractivity contribution is -1.73. The van der Waals surface area contributed by atoms with Crippen molar-refractivity contribution < 1.29 is 32.0 Å². The molecular formula is C26H23BrN2O3. The molecule has 0 bridgehead atoms. The molecule has 0 aliphatic heterocycles. The number of para-hydroxylation sites is 1. The Labute approximate surface area is 192 Å². The van der Waals surface area contributed by atoms with E-state index in [1.54, 1.807) is 0 Å². The van der Waals surface area contributed by atoms with Crippen LogP contribution in [0.4, 0.5) is 0 Å². The number of nitrogens with zero attached hydrogens (tertiary/aromatic N) is 2. The number of hydrogen-bond acceptors (Lipinski definition) is 3. The van der Waals surface area contributed by atoms with Crippen LogP contribution in [0.25, 0.3) is 21.8 Å². The number of aryl methyl sites for hydroxylation is 1. The molecule has 2 heterocycles. The van der Waals surface area contributed by atoms with Gasteiger partial charge in [0.25, 0.3) is 0 Å². The molecular weight excluding hydrogens is 468 g/mol. The van der Waals surface area contributed by atoms with Crippen LogP contribution in [0, 0.1) is 21.7 Å². The summed E-state index contributed by atoms with van der Waals surface area (Å²) >= 11 is -3.65. The van der Waals surface area contributed by atoms with Crippen LogP contribution in [0.5, 0.6) is 0 Å². The quantitative estimate of drug-likeness (QED) is 0.361. The first-order chi connectivity index (χ1) is 15.5. The monoisotopic (exact) mass is 490 g/mol. The van der Waals surface area contributed by atoms with Gasteiger partial charge >= 0.3 is 0 Å². The zero-order chi connectivity index (χ0) is 22.5. The number of benzene rings is 3. The fourth-order valence-electron chi connectivity index (χ4n) is 4.18. The van der Waals surface area contributed by atoms with E-state index in [-0.39, 0.29) is 0 Å². The largest absolute Gasteiger partial charge is 0.405 e. The molecule has 0 unspecified atom stereocenters. The number of aromatic nitrogens is 2. The van der Waals surface area contributed by atoms with Crippen LogP contribution in [0.2, 0.25) is 0 Å². The van der Waals surface area contributed by atoms with E-state index < -0.39 is 14.8 Å². The summed E-state index contributed by atoms with van der Waals surface area (Å²) in [7, 11) is 0. The molecule has 0 fully saturated rings. The molecule has 5 rings (SSSR count). The van der Waals surface area contributed by atoms with Gasteiger partial charge in [0.1, 0.15) is 5.52 Å². The lowest BCUT2D eigenvalue weighted by Gasteiger charge is -2.09. The highest BCUT2D eigenvalue weighted by Crippen LogP contribution is 2.30. The van der Waals surface area contributed by atoms with E-state index in [0.29, 0.717) is 0 Å². The van der Waals surface area contributed by atoms with Gasteiger partial charge in [-0.05, 0) is 11.6 Å². The van der Waals surface area contributed by atoms with Gasteiger partial charge in [0.05, 0.1) is 0 Å². The van der Waals surface area contributed by atoms with Crippen molar-refractivity contribution in [1.29, 1.82) is 0 Å². The van der Waals surface area contributed by atoms with E-state index in [9.17, 15) is 0 Å². The molecule has 6 heteroatoms. The number of rotatable bonds is 4. The number of hydrogen-bond donors (Lipinski definition) is 0. The van der Waals surface area contributed by atoms with Crippen LogP contribution >= 0.6 is 0 Å². The molecule has 0 radical (unpaired) electrons. The zero-order valence-corrected chi connectivity index (χ0v) is 19.2. The standard InChI is InChI=1S/C26H23N2.BrO3/c1-20-26-24(16-17-27(20)18-21-10-4-2-5-11-21)23-14-8-9-15-25(23)28(26)19-22-12-6-3-7-13-22;2-1(3)4/h2-17H,18-19H2,1H3;/q+1;-1. The lowest BCUT2D eigenvalue weighted by atomic mass is 10.1. The summed E-state index contributed by atoms with van der Waals surface area (Å²) in [4.78, 5) is 0. The van der Waals surface area contributed by atoms with Gasteiger partial charge in [-0.2, -0.15) is 4.57 Å². The van der Waals surface area contributed by atoms with E-state index in [4.69, 9.17) is 12.6 Å². The molecule has 0 atom stereocenters. The smallest absolute Gasteiger partial charge is 0.216 e. The number of fused-ring (bicyclic) bond motifs is 3. The Bertz CT molecular complexity index is 1320. The Kier molecular flexibility index (Phi) is 6.97. The summed E-state index contributed by atoms with van der Waals surface area (Å²) < 4.78 is 30.4. The molecule has 0 aliphatic rings. The van der Waals surface area contributed by atoms with Gasteiger partial charge in [0, 0.05) is 41.4 Å². The first kappa shape index (κ1) is 22.2. The minimum absolute atomic E-state index is 0.876. The molecule has 0 amide bonds. The molecule has 0 saturated heterocycles. The highest BCUT2D eigenvalue weighted by Gasteiger charge is 2.19. The minimum Gasteiger partial charge on any atom is -0.405 e. The van der Waals surface area contributed by atoms with E-state index in [1.807, 2.05) is 0 Å². The lowest BCUT2D eigenvalue weighted by Crippen LogP contribution is -2.42. The maximum absolute atomic E-state index is 8.52. The minimum atomic E-state index is -3.65. The average Bonchev–Trinajstić information content (AvgIpc) is 3.11. The molecule has 0 N–H and O–H groups in total. The van der Waals surface area contributed by atoms with Crippen molar-refractivity contribution >= 4 is 21.8 Å². The first-order valence-electron chi connectivity index (χ1n) is 10.3. The van der Waals surface area contributed by atoms with Crippen LogP contribution in [0.15, 0.2) is 97.2 Å². The zero-order valence-electron chi connectivity index (χ0n) is 17.6. The Balaban J connectivity index is 0.000000567. The molecule has 162 valence electrons. The van der Waals surface area contributed by atoms with Gasteiger partial charge in [0.15, 0.2) is 12.7 Å². The SMILES string of the molecule is Cc1c2c(cc[n+]1Cc1ccccc1)c1ccccc1n2Cc1ccccc1.[O-][Br+2]([O-])[O-]. The second kappa shape index (κ2) is 10.1. The molecule has 0 aliphatic carbocycles. The Morgan fingerprint density at radius 1 is 0.719 bits per heavy atom. The Morgan fingerprint density at radius 3 is 1.94 bits per heavy atom. The first-order valence-corrected chi connectivity index (χ1v) is 12.2. The molecule has 3 aromatic carbocycles. The van der Waals surface area contributed by atoms with Crippen molar-refractivity contribution in [1.82, 2.24) is 4.57 Å². The highest BCUT2D eigenvalue weighted by atomic mass is 80.0. The van der Waals surface area contributed by atoms with E-state index in [0.717, 1.165) is 13.1 Å². The molecule has 2 aromatic heterocycles. The fourth-order valence-corrected chi connectivity index (χ4v) is 4.18. The summed E-state index contributed by atoms with van der Waals surface area (Å²) in [6.45, 7) is 4.00.